The highest BCUT2D eigenvalue weighted by Gasteiger charge is 2.19. The van der Waals surface area contributed by atoms with Crippen molar-refractivity contribution in [3.05, 3.63) is 36.2 Å². The van der Waals surface area contributed by atoms with Gasteiger partial charge in [0.1, 0.15) is 5.65 Å². The molecule has 6 heteroatoms. The van der Waals surface area contributed by atoms with Gasteiger partial charge in [-0.2, -0.15) is 0 Å². The van der Waals surface area contributed by atoms with Crippen LogP contribution in [0.5, 0.6) is 0 Å². The van der Waals surface area contributed by atoms with E-state index in [0.717, 1.165) is 56.3 Å². The minimum absolute atomic E-state index is 0.317. The summed E-state index contributed by atoms with van der Waals surface area (Å²) in [5.74, 6) is 0. The molecule has 0 bridgehead atoms. The number of nitrogens with zero attached hydrogens (tertiary/aromatic N) is 2. The van der Waals surface area contributed by atoms with Gasteiger partial charge in [-0.25, -0.2) is 4.98 Å². The monoisotopic (exact) mass is 342 g/mol. The molecule has 2 aliphatic rings. The Bertz CT molecular complexity index is 763. The Balaban J connectivity index is 1.38. The summed E-state index contributed by atoms with van der Waals surface area (Å²) in [6.45, 7) is 3.49. The molecule has 0 amide bonds. The van der Waals surface area contributed by atoms with Gasteiger partial charge in [-0.05, 0) is 49.2 Å². The van der Waals surface area contributed by atoms with Crippen LogP contribution in [0.15, 0.2) is 30.6 Å². The quantitative estimate of drug-likeness (QED) is 0.840. The van der Waals surface area contributed by atoms with Crippen LogP contribution in [0.25, 0.3) is 16.6 Å². The van der Waals surface area contributed by atoms with Gasteiger partial charge in [0.2, 0.25) is 0 Å². The molecule has 126 valence electrons. The van der Waals surface area contributed by atoms with E-state index in [1.807, 2.05) is 12.3 Å². The van der Waals surface area contributed by atoms with Crippen molar-refractivity contribution in [2.24, 2.45) is 0 Å². The number of rotatable bonds is 3. The number of nitrogens with one attached hydrogen (secondary N) is 2. The van der Waals surface area contributed by atoms with Crippen LogP contribution in [-0.4, -0.2) is 52.3 Å². The molecule has 0 aromatic carbocycles. The van der Waals surface area contributed by atoms with Crippen molar-refractivity contribution in [3.8, 4) is 0 Å². The Morgan fingerprint density at radius 1 is 1.50 bits per heavy atom. The minimum atomic E-state index is 0.317. The molecule has 2 aromatic heterocycles. The molecular formula is C18H22N4OS. The van der Waals surface area contributed by atoms with Crippen molar-refractivity contribution in [3.63, 3.8) is 0 Å². The van der Waals surface area contributed by atoms with E-state index in [-0.39, 0.29) is 0 Å². The van der Waals surface area contributed by atoms with E-state index in [4.69, 9.17) is 17.0 Å². The highest BCUT2D eigenvalue weighted by atomic mass is 32.1. The Morgan fingerprint density at radius 2 is 2.46 bits per heavy atom. The van der Waals surface area contributed by atoms with E-state index in [2.05, 4.69) is 38.5 Å². The third kappa shape index (κ3) is 3.16. The SMILES string of the molecule is S=C(NC[C@H]1CCCO1)N1CC=C(c2c[nH]c3ncccc23)CC1. The number of ether oxygens (including phenoxy) is 1. The molecular weight excluding hydrogens is 320 g/mol. The standard InChI is InChI=1S/C18H22N4OS/c24-18(21-11-14-3-2-10-23-14)22-8-5-13(6-9-22)16-12-20-17-15(16)4-1-7-19-17/h1,4-5,7,12,14H,2-3,6,8-11H2,(H,19,20)(H,21,24)/t14-/m1/s1. The van der Waals surface area contributed by atoms with Crippen molar-refractivity contribution < 1.29 is 4.74 Å². The molecule has 0 saturated carbocycles. The van der Waals surface area contributed by atoms with Crippen LogP contribution < -0.4 is 5.32 Å². The number of H-pyrrole nitrogens is 1. The second-order valence-corrected chi connectivity index (χ2v) is 6.74. The fourth-order valence-electron chi connectivity index (χ4n) is 3.44. The minimum Gasteiger partial charge on any atom is -0.376 e. The molecule has 5 nitrogen and oxygen atoms in total. The highest BCUT2D eigenvalue weighted by molar-refractivity contribution is 7.80. The third-order valence-corrected chi connectivity index (χ3v) is 5.20. The molecule has 0 unspecified atom stereocenters. The van der Waals surface area contributed by atoms with E-state index in [1.165, 1.54) is 16.5 Å². The lowest BCUT2D eigenvalue weighted by Gasteiger charge is -2.29. The Morgan fingerprint density at radius 3 is 3.25 bits per heavy atom. The number of fused-ring (bicyclic) bond motifs is 1. The molecule has 2 aliphatic heterocycles. The lowest BCUT2D eigenvalue weighted by molar-refractivity contribution is 0.113. The lowest BCUT2D eigenvalue weighted by Crippen LogP contribution is -2.44. The molecule has 24 heavy (non-hydrogen) atoms. The summed E-state index contributed by atoms with van der Waals surface area (Å²) in [5, 5.41) is 5.39. The number of thiocarbonyl (C=S) groups is 1. The van der Waals surface area contributed by atoms with Crippen molar-refractivity contribution in [2.75, 3.05) is 26.2 Å². The summed E-state index contributed by atoms with van der Waals surface area (Å²) in [4.78, 5) is 9.84. The van der Waals surface area contributed by atoms with Crippen LogP contribution in [0, 0.1) is 0 Å². The van der Waals surface area contributed by atoms with Crippen LogP contribution in [-0.2, 0) is 4.74 Å². The van der Waals surface area contributed by atoms with E-state index < -0.39 is 0 Å². The molecule has 0 radical (unpaired) electrons. The Kier molecular flexibility index (Phi) is 4.49. The molecule has 4 rings (SSSR count). The molecule has 0 aliphatic carbocycles. The average Bonchev–Trinajstić information content (AvgIpc) is 3.29. The summed E-state index contributed by atoms with van der Waals surface area (Å²) in [7, 11) is 0. The van der Waals surface area contributed by atoms with Gasteiger partial charge in [0.25, 0.3) is 0 Å². The molecule has 2 aromatic rings. The van der Waals surface area contributed by atoms with E-state index in [9.17, 15) is 0 Å². The maximum Gasteiger partial charge on any atom is 0.169 e. The topological polar surface area (TPSA) is 53.2 Å². The maximum atomic E-state index is 5.64. The van der Waals surface area contributed by atoms with Gasteiger partial charge >= 0.3 is 0 Å². The first-order valence-electron chi connectivity index (χ1n) is 8.57. The molecule has 1 fully saturated rings. The van der Waals surface area contributed by atoms with Crippen molar-refractivity contribution in [1.82, 2.24) is 20.2 Å². The maximum absolute atomic E-state index is 5.64. The van der Waals surface area contributed by atoms with Gasteiger partial charge in [-0.3, -0.25) is 0 Å². The third-order valence-electron chi connectivity index (χ3n) is 4.80. The van der Waals surface area contributed by atoms with Crippen molar-refractivity contribution in [1.29, 1.82) is 0 Å². The van der Waals surface area contributed by atoms with Gasteiger partial charge < -0.3 is 19.9 Å². The van der Waals surface area contributed by atoms with Crippen molar-refractivity contribution >= 4 is 33.9 Å². The predicted molar refractivity (Wildman–Crippen MR) is 99.8 cm³/mol. The van der Waals surface area contributed by atoms with Gasteiger partial charge in [0.15, 0.2) is 5.11 Å². The van der Waals surface area contributed by atoms with Crippen LogP contribution in [0.2, 0.25) is 0 Å². The Labute approximate surface area is 147 Å². The first-order chi connectivity index (χ1) is 11.8. The summed E-state index contributed by atoms with van der Waals surface area (Å²) < 4.78 is 5.64. The summed E-state index contributed by atoms with van der Waals surface area (Å²) in [5.41, 5.74) is 3.58. The number of hydrogen-bond acceptors (Lipinski definition) is 3. The predicted octanol–water partition coefficient (Wildman–Crippen LogP) is 2.71. The van der Waals surface area contributed by atoms with Crippen LogP contribution in [0.4, 0.5) is 0 Å². The molecule has 0 spiro atoms. The molecule has 1 atom stereocenters. The zero-order valence-electron chi connectivity index (χ0n) is 13.6. The number of hydrogen-bond donors (Lipinski definition) is 2. The summed E-state index contributed by atoms with van der Waals surface area (Å²) in [6, 6.07) is 4.11. The number of pyridine rings is 1. The zero-order chi connectivity index (χ0) is 16.4. The fraction of sp³-hybridized carbons (Fsp3) is 0.444. The average molecular weight is 342 g/mol. The number of aromatic nitrogens is 2. The lowest BCUT2D eigenvalue weighted by atomic mass is 10.00. The fourth-order valence-corrected chi connectivity index (χ4v) is 3.69. The smallest absolute Gasteiger partial charge is 0.169 e. The van der Waals surface area contributed by atoms with E-state index >= 15 is 0 Å². The summed E-state index contributed by atoms with van der Waals surface area (Å²) >= 11 is 5.54. The first kappa shape index (κ1) is 15.6. The molecule has 1 saturated heterocycles. The second kappa shape index (κ2) is 6.91. The molecule has 2 N–H and O–H groups in total. The summed E-state index contributed by atoms with van der Waals surface area (Å²) in [6.07, 6.45) is 9.76. The van der Waals surface area contributed by atoms with Gasteiger partial charge in [0, 0.05) is 49.6 Å². The normalized spacial score (nSPS) is 21.1. The van der Waals surface area contributed by atoms with Crippen molar-refractivity contribution in [2.45, 2.75) is 25.4 Å². The van der Waals surface area contributed by atoms with Crippen LogP contribution >= 0.6 is 12.2 Å². The largest absolute Gasteiger partial charge is 0.376 e. The van der Waals surface area contributed by atoms with Crippen LogP contribution in [0.3, 0.4) is 0 Å². The van der Waals surface area contributed by atoms with E-state index in [1.54, 1.807) is 0 Å². The molecule has 4 heterocycles. The highest BCUT2D eigenvalue weighted by Crippen LogP contribution is 2.28. The first-order valence-corrected chi connectivity index (χ1v) is 8.98. The second-order valence-electron chi connectivity index (χ2n) is 6.35. The van der Waals surface area contributed by atoms with Gasteiger partial charge in [-0.1, -0.05) is 6.08 Å². The van der Waals surface area contributed by atoms with Crippen LogP contribution in [0.1, 0.15) is 24.8 Å². The Hall–Kier alpha value is -1.92. The number of aromatic amines is 1. The zero-order valence-corrected chi connectivity index (χ0v) is 14.4. The van der Waals surface area contributed by atoms with Gasteiger partial charge in [0.05, 0.1) is 6.10 Å². The van der Waals surface area contributed by atoms with E-state index in [0.29, 0.717) is 6.10 Å². The van der Waals surface area contributed by atoms with Gasteiger partial charge in [-0.15, -0.1) is 0 Å².